The highest BCUT2D eigenvalue weighted by molar-refractivity contribution is 6.01. The molecule has 0 bridgehead atoms. The fourth-order valence-corrected chi connectivity index (χ4v) is 4.45. The monoisotopic (exact) mass is 521 g/mol. The Labute approximate surface area is 219 Å². The number of hydrogen-bond donors (Lipinski definition) is 2. The molecule has 3 heterocycles. The largest absolute Gasteiger partial charge is 0.435 e. The van der Waals surface area contributed by atoms with Crippen molar-refractivity contribution in [1.29, 1.82) is 0 Å². The molecule has 0 atom stereocenters. The zero-order valence-corrected chi connectivity index (χ0v) is 21.7. The molecule has 38 heavy (non-hydrogen) atoms. The molecule has 9 nitrogen and oxygen atoms in total. The summed E-state index contributed by atoms with van der Waals surface area (Å²) in [6, 6.07) is 9.64. The number of aromatic nitrogens is 3. The number of ether oxygens (including phenoxy) is 1. The number of likely N-dealkylation sites (N-methyl/N-ethyl adjacent to an activating group) is 1. The number of hydrogen-bond acceptors (Lipinski definition) is 7. The average Bonchev–Trinajstić information content (AvgIpc) is 3.27. The van der Waals surface area contributed by atoms with Gasteiger partial charge in [-0.05, 0) is 50.4 Å². The van der Waals surface area contributed by atoms with Crippen LogP contribution in [0.2, 0.25) is 0 Å². The maximum Gasteiger partial charge on any atom is 0.262 e. The number of nitrogens with zero attached hydrogens (tertiary/aromatic N) is 5. The number of rotatable bonds is 6. The number of nitrogens with one attached hydrogen (secondary N) is 2. The Morgan fingerprint density at radius 2 is 1.84 bits per heavy atom. The lowest BCUT2D eigenvalue weighted by molar-refractivity contribution is 0.0825. The van der Waals surface area contributed by atoms with E-state index in [1.165, 1.54) is 23.4 Å². The first-order chi connectivity index (χ1) is 18.2. The van der Waals surface area contributed by atoms with Gasteiger partial charge in [0, 0.05) is 62.6 Å². The van der Waals surface area contributed by atoms with Crippen LogP contribution in [-0.4, -0.2) is 78.0 Å². The second-order valence-corrected chi connectivity index (χ2v) is 9.58. The molecule has 0 saturated carbocycles. The van der Waals surface area contributed by atoms with Gasteiger partial charge in [0.2, 0.25) is 5.88 Å². The van der Waals surface area contributed by atoms with Gasteiger partial charge < -0.3 is 29.7 Å². The first-order valence-corrected chi connectivity index (χ1v) is 12.2. The maximum absolute atomic E-state index is 15.2. The molecule has 1 amide bonds. The number of amides is 1. The van der Waals surface area contributed by atoms with Gasteiger partial charge in [-0.3, -0.25) is 4.79 Å². The van der Waals surface area contributed by atoms with E-state index in [-0.39, 0.29) is 28.8 Å². The summed E-state index contributed by atoms with van der Waals surface area (Å²) in [6.07, 6.45) is 1.20. The number of carbonyl (C=O) groups excluding carboxylic acids is 1. The molecule has 1 aliphatic heterocycles. The molecule has 1 fully saturated rings. The molecule has 1 saturated heterocycles. The van der Waals surface area contributed by atoms with E-state index in [1.807, 2.05) is 18.9 Å². The number of benzene rings is 2. The lowest BCUT2D eigenvalue weighted by Crippen LogP contribution is -2.44. The zero-order valence-electron chi connectivity index (χ0n) is 21.7. The van der Waals surface area contributed by atoms with E-state index in [0.717, 1.165) is 31.9 Å². The fourth-order valence-electron chi connectivity index (χ4n) is 4.45. The van der Waals surface area contributed by atoms with Crippen LogP contribution < -0.4 is 15.0 Å². The van der Waals surface area contributed by atoms with Gasteiger partial charge in [-0.25, -0.2) is 18.7 Å². The maximum atomic E-state index is 15.2. The van der Waals surface area contributed by atoms with Gasteiger partial charge >= 0.3 is 0 Å². The summed E-state index contributed by atoms with van der Waals surface area (Å²) in [7, 11) is 5.19. The van der Waals surface area contributed by atoms with Crippen LogP contribution in [0.1, 0.15) is 16.1 Å². The van der Waals surface area contributed by atoms with Gasteiger partial charge in [0.05, 0.1) is 5.69 Å². The Kier molecular flexibility index (Phi) is 6.85. The second kappa shape index (κ2) is 10.3. The summed E-state index contributed by atoms with van der Waals surface area (Å²) < 4.78 is 36.1. The van der Waals surface area contributed by atoms with E-state index in [4.69, 9.17) is 4.74 Å². The Balaban J connectivity index is 1.47. The smallest absolute Gasteiger partial charge is 0.262 e. The molecule has 2 N–H and O–H groups in total. The highest BCUT2D eigenvalue weighted by Crippen LogP contribution is 2.34. The molecule has 0 unspecified atom stereocenters. The van der Waals surface area contributed by atoms with Crippen molar-refractivity contribution >= 4 is 34.0 Å². The lowest BCUT2D eigenvalue weighted by Gasteiger charge is -2.34. The summed E-state index contributed by atoms with van der Waals surface area (Å²) in [5.74, 6) is -1.53. The molecule has 11 heteroatoms. The van der Waals surface area contributed by atoms with E-state index in [2.05, 4.69) is 25.2 Å². The van der Waals surface area contributed by atoms with Crippen molar-refractivity contribution in [1.82, 2.24) is 24.8 Å². The Hall–Kier alpha value is -4.25. The molecule has 4 aromatic rings. The average molecular weight is 522 g/mol. The van der Waals surface area contributed by atoms with Crippen LogP contribution in [0.5, 0.6) is 11.6 Å². The molecular weight excluding hydrogens is 492 g/mol. The number of aromatic amines is 1. The summed E-state index contributed by atoms with van der Waals surface area (Å²) in [5, 5.41) is 3.38. The Morgan fingerprint density at radius 1 is 1.08 bits per heavy atom. The molecule has 1 aliphatic rings. The van der Waals surface area contributed by atoms with Crippen LogP contribution in [0.4, 0.5) is 26.0 Å². The third-order valence-corrected chi connectivity index (χ3v) is 6.53. The van der Waals surface area contributed by atoms with Crippen LogP contribution in [0, 0.1) is 18.6 Å². The van der Waals surface area contributed by atoms with Crippen LogP contribution in [0.15, 0.2) is 42.7 Å². The minimum Gasteiger partial charge on any atom is -0.435 e. The molecule has 2 aromatic heterocycles. The SMILES string of the molecule is Cc1cc2c(F)c(Oc3ncnc(Nc4ccc(N5CCN(C)CC5)c(F)c4)c3C(=O)N(C)C)ccc2[nH]1. The number of carbonyl (C=O) groups is 1. The van der Waals surface area contributed by atoms with Crippen molar-refractivity contribution in [3.8, 4) is 11.6 Å². The Morgan fingerprint density at radius 3 is 2.55 bits per heavy atom. The van der Waals surface area contributed by atoms with Crippen molar-refractivity contribution in [3.05, 3.63) is 65.6 Å². The highest BCUT2D eigenvalue weighted by atomic mass is 19.1. The molecule has 5 rings (SSSR count). The number of aryl methyl sites for hydroxylation is 1. The van der Waals surface area contributed by atoms with Gasteiger partial charge in [-0.15, -0.1) is 0 Å². The van der Waals surface area contributed by atoms with Crippen molar-refractivity contribution in [3.63, 3.8) is 0 Å². The van der Waals surface area contributed by atoms with Crippen LogP contribution in [0.3, 0.4) is 0 Å². The summed E-state index contributed by atoms with van der Waals surface area (Å²) in [5.41, 5.74) is 2.34. The topological polar surface area (TPSA) is 89.6 Å². The van der Waals surface area contributed by atoms with E-state index >= 15 is 8.78 Å². The first kappa shape index (κ1) is 25.4. The van der Waals surface area contributed by atoms with E-state index < -0.39 is 11.7 Å². The molecule has 0 spiro atoms. The number of anilines is 3. The minimum absolute atomic E-state index is 0.00852. The lowest BCUT2D eigenvalue weighted by atomic mass is 10.2. The van der Waals surface area contributed by atoms with E-state index in [0.29, 0.717) is 22.3 Å². The predicted molar refractivity (Wildman–Crippen MR) is 143 cm³/mol. The van der Waals surface area contributed by atoms with E-state index in [9.17, 15) is 4.79 Å². The predicted octanol–water partition coefficient (Wildman–Crippen LogP) is 4.53. The van der Waals surface area contributed by atoms with E-state index in [1.54, 1.807) is 38.4 Å². The normalized spacial score (nSPS) is 14.1. The standard InChI is InChI=1S/C27H29F2N7O2/c1-16-13-18-20(32-16)6-8-22(24(18)29)38-26-23(27(37)34(2)3)25(30-15-31-26)33-17-5-7-21(19(28)14-17)36-11-9-35(4)10-12-36/h5-8,13-15,32H,9-12H2,1-4H3,(H,30,31,33). The zero-order chi connectivity index (χ0) is 27.0. The number of halogens is 2. The first-order valence-electron chi connectivity index (χ1n) is 12.2. The molecule has 0 aliphatic carbocycles. The Bertz CT molecular complexity index is 1500. The molecule has 198 valence electrons. The summed E-state index contributed by atoms with van der Waals surface area (Å²) >= 11 is 0. The summed E-state index contributed by atoms with van der Waals surface area (Å²) in [6.45, 7) is 5.02. The van der Waals surface area contributed by atoms with Crippen LogP contribution in [0.25, 0.3) is 10.9 Å². The van der Waals surface area contributed by atoms with Crippen molar-refractivity contribution in [2.24, 2.45) is 0 Å². The third-order valence-electron chi connectivity index (χ3n) is 6.53. The highest BCUT2D eigenvalue weighted by Gasteiger charge is 2.25. The van der Waals surface area contributed by atoms with Crippen LogP contribution in [-0.2, 0) is 0 Å². The quantitative estimate of drug-likeness (QED) is 0.385. The number of fused-ring (bicyclic) bond motifs is 1. The van der Waals surface area contributed by atoms with Gasteiger partial charge in [-0.1, -0.05) is 0 Å². The van der Waals surface area contributed by atoms with Crippen molar-refractivity contribution in [2.45, 2.75) is 6.92 Å². The molecule has 0 radical (unpaired) electrons. The fraction of sp³-hybridized carbons (Fsp3) is 0.296. The van der Waals surface area contributed by atoms with Crippen molar-refractivity contribution < 1.29 is 18.3 Å². The van der Waals surface area contributed by atoms with Crippen molar-refractivity contribution in [2.75, 3.05) is 57.5 Å². The third kappa shape index (κ3) is 4.97. The minimum atomic E-state index is -0.579. The number of H-pyrrole nitrogens is 1. The van der Waals surface area contributed by atoms with Gasteiger partial charge in [0.25, 0.3) is 5.91 Å². The number of piperazine rings is 1. The van der Waals surface area contributed by atoms with Crippen LogP contribution >= 0.6 is 0 Å². The van der Waals surface area contributed by atoms with Gasteiger partial charge in [0.15, 0.2) is 17.4 Å². The van der Waals surface area contributed by atoms with Gasteiger partial charge in [0.1, 0.15) is 17.7 Å². The molecular formula is C27H29F2N7O2. The second-order valence-electron chi connectivity index (χ2n) is 9.58. The van der Waals surface area contributed by atoms with Gasteiger partial charge in [-0.2, -0.15) is 0 Å². The molecule has 2 aromatic carbocycles. The summed E-state index contributed by atoms with van der Waals surface area (Å²) in [4.78, 5) is 30.1.